The zero-order valence-corrected chi connectivity index (χ0v) is 24.9. The normalized spacial score (nSPS) is 14.6. The minimum atomic E-state index is -4.39. The molecule has 0 spiro atoms. The molecule has 0 saturated heterocycles. The van der Waals surface area contributed by atoms with Crippen molar-refractivity contribution in [3.8, 4) is 23.8 Å². The van der Waals surface area contributed by atoms with Crippen LogP contribution in [-0.4, -0.2) is 54.1 Å². The predicted octanol–water partition coefficient (Wildman–Crippen LogP) is 4.78. The number of hydrogen-bond donors (Lipinski definition) is 2. The Balaban J connectivity index is 2.58. The number of para-hydroxylation sites is 1. The summed E-state index contributed by atoms with van der Waals surface area (Å²) in [5.74, 6) is 3.67. The highest BCUT2D eigenvalue weighted by Crippen LogP contribution is 2.37. The maximum Gasteiger partial charge on any atom is 0.289 e. The summed E-state index contributed by atoms with van der Waals surface area (Å²) < 4.78 is 46.7. The summed E-state index contributed by atoms with van der Waals surface area (Å²) >= 11 is 0. The summed E-state index contributed by atoms with van der Waals surface area (Å²) in [6.45, 7) is 11.8. The van der Waals surface area contributed by atoms with Crippen molar-refractivity contribution < 1.29 is 27.2 Å². The molecular formula is C26H37N3O7SSi. The third-order valence-electron chi connectivity index (χ3n) is 6.82. The molecule has 2 aromatic rings. The van der Waals surface area contributed by atoms with Crippen LogP contribution < -0.4 is 19.5 Å². The van der Waals surface area contributed by atoms with E-state index in [0.29, 0.717) is 17.2 Å². The van der Waals surface area contributed by atoms with Crippen LogP contribution in [0.4, 0.5) is 11.4 Å². The average Bonchev–Trinajstić information content (AvgIpc) is 2.85. The number of nitrogens with zero attached hydrogens (tertiary/aromatic N) is 1. The molecule has 0 bridgehead atoms. The largest absolute Gasteiger partial charge is 0.497 e. The van der Waals surface area contributed by atoms with Crippen LogP contribution in [0, 0.1) is 22.5 Å². The lowest BCUT2D eigenvalue weighted by Crippen LogP contribution is -2.58. The molecule has 0 aromatic heterocycles. The summed E-state index contributed by atoms with van der Waals surface area (Å²) in [7, 11) is -3.72. The van der Waals surface area contributed by atoms with Gasteiger partial charge in [0.15, 0.2) is 13.2 Å². The lowest BCUT2D eigenvalue weighted by molar-refractivity contribution is -0.387. The van der Waals surface area contributed by atoms with Gasteiger partial charge in [0, 0.05) is 30.0 Å². The van der Waals surface area contributed by atoms with Crippen LogP contribution in [-0.2, 0) is 14.4 Å². The van der Waals surface area contributed by atoms with Gasteiger partial charge in [-0.3, -0.25) is 10.1 Å². The first-order chi connectivity index (χ1) is 17.5. The summed E-state index contributed by atoms with van der Waals surface area (Å²) in [5.41, 5.74) is -1.36. The molecule has 0 aliphatic carbocycles. The number of methoxy groups -OCH3 is 2. The third kappa shape index (κ3) is 7.26. The molecule has 38 heavy (non-hydrogen) atoms. The molecule has 0 fully saturated rings. The van der Waals surface area contributed by atoms with Crippen LogP contribution >= 0.6 is 0 Å². The lowest BCUT2D eigenvalue weighted by Gasteiger charge is -2.40. The number of nitro groups is 1. The number of terminal acetylenes is 1. The molecule has 2 aromatic carbocycles. The Hall–Kier alpha value is -3.11. The van der Waals surface area contributed by atoms with E-state index in [0.717, 1.165) is 6.07 Å². The smallest absolute Gasteiger partial charge is 0.289 e. The van der Waals surface area contributed by atoms with Crippen LogP contribution in [0.15, 0.2) is 47.4 Å². The molecule has 2 N–H and O–H groups in total. The fraction of sp³-hybridized carbons (Fsp3) is 0.462. The van der Waals surface area contributed by atoms with Gasteiger partial charge in [-0.15, -0.1) is 6.42 Å². The zero-order valence-electron chi connectivity index (χ0n) is 23.1. The number of nitro benzene ring substituents is 1. The highest BCUT2D eigenvalue weighted by molar-refractivity contribution is 7.89. The van der Waals surface area contributed by atoms with E-state index < -0.39 is 45.4 Å². The SMILES string of the molecule is C#C[C@@](C)(Nc1cc(OC)cc(OC)c1)[C@@H](CO[Si](C)(C)C(C)(C)C)NS(=O)(=O)c1ccccc1[N+](=O)[O-]. The van der Waals surface area contributed by atoms with Gasteiger partial charge in [-0.05, 0) is 31.1 Å². The minimum absolute atomic E-state index is 0.0782. The fourth-order valence-corrected chi connectivity index (χ4v) is 5.81. The first kappa shape index (κ1) is 31.1. The molecule has 0 heterocycles. The van der Waals surface area contributed by atoms with Crippen molar-refractivity contribution >= 4 is 29.7 Å². The summed E-state index contributed by atoms with van der Waals surface area (Å²) in [6, 6.07) is 9.19. The first-order valence-corrected chi connectivity index (χ1v) is 16.3. The van der Waals surface area contributed by atoms with E-state index in [9.17, 15) is 18.5 Å². The Morgan fingerprint density at radius 1 is 1.08 bits per heavy atom. The van der Waals surface area contributed by atoms with E-state index in [1.807, 2.05) is 13.1 Å². The van der Waals surface area contributed by atoms with Crippen molar-refractivity contribution in [1.82, 2.24) is 4.72 Å². The van der Waals surface area contributed by atoms with Crippen molar-refractivity contribution in [2.75, 3.05) is 26.1 Å². The Bertz CT molecular complexity index is 1280. The van der Waals surface area contributed by atoms with Crippen molar-refractivity contribution in [2.24, 2.45) is 0 Å². The van der Waals surface area contributed by atoms with Crippen LogP contribution in [0.5, 0.6) is 11.5 Å². The van der Waals surface area contributed by atoms with Gasteiger partial charge in [-0.2, -0.15) is 0 Å². The van der Waals surface area contributed by atoms with Crippen molar-refractivity contribution in [1.29, 1.82) is 0 Å². The van der Waals surface area contributed by atoms with Crippen LogP contribution in [0.2, 0.25) is 18.1 Å². The Kier molecular flexibility index (Phi) is 9.61. The molecule has 0 aliphatic rings. The number of ether oxygens (including phenoxy) is 2. The zero-order chi connectivity index (χ0) is 28.9. The molecule has 0 unspecified atom stereocenters. The standard InChI is InChI=1S/C26H37N3O7SSi/c1-10-26(5,27-19-15-20(34-6)17-21(16-19)35-7)24(18-36-38(8,9)25(2,3)4)28-37(32,33)23-14-12-11-13-22(23)29(30)31/h1,11-17,24,27-28H,18H2,2-9H3/t24-,26-/m1/s1. The second-order valence-electron chi connectivity index (χ2n) is 10.5. The molecule has 208 valence electrons. The number of anilines is 1. The summed E-state index contributed by atoms with van der Waals surface area (Å²) in [6.07, 6.45) is 6.00. The van der Waals surface area contributed by atoms with Crippen LogP contribution in [0.1, 0.15) is 27.7 Å². The molecular weight excluding hydrogens is 526 g/mol. The van der Waals surface area contributed by atoms with Gasteiger partial charge in [0.2, 0.25) is 10.0 Å². The van der Waals surface area contributed by atoms with Gasteiger partial charge < -0.3 is 19.2 Å². The number of nitrogens with one attached hydrogen (secondary N) is 2. The summed E-state index contributed by atoms with van der Waals surface area (Å²) in [4.78, 5) is 10.4. The van der Waals surface area contributed by atoms with Gasteiger partial charge >= 0.3 is 0 Å². The quantitative estimate of drug-likeness (QED) is 0.163. The average molecular weight is 564 g/mol. The Morgan fingerprint density at radius 2 is 1.63 bits per heavy atom. The highest BCUT2D eigenvalue weighted by Gasteiger charge is 2.42. The minimum Gasteiger partial charge on any atom is -0.497 e. The Morgan fingerprint density at radius 3 is 2.11 bits per heavy atom. The van der Waals surface area contributed by atoms with E-state index >= 15 is 0 Å². The number of benzene rings is 2. The molecule has 12 heteroatoms. The number of hydrogen-bond acceptors (Lipinski definition) is 8. The van der Waals surface area contributed by atoms with Crippen molar-refractivity contribution in [3.05, 3.63) is 52.6 Å². The summed E-state index contributed by atoms with van der Waals surface area (Å²) in [5, 5.41) is 14.6. The van der Waals surface area contributed by atoms with Crippen LogP contribution in [0.3, 0.4) is 0 Å². The van der Waals surface area contributed by atoms with Gasteiger partial charge in [0.05, 0.1) is 31.8 Å². The molecule has 0 radical (unpaired) electrons. The maximum absolute atomic E-state index is 13.5. The van der Waals surface area contributed by atoms with Crippen molar-refractivity contribution in [3.63, 3.8) is 0 Å². The van der Waals surface area contributed by atoms with E-state index in [-0.39, 0.29) is 11.6 Å². The van der Waals surface area contributed by atoms with Gasteiger partial charge in [-0.1, -0.05) is 38.8 Å². The van der Waals surface area contributed by atoms with Crippen molar-refractivity contribution in [2.45, 2.75) is 62.3 Å². The highest BCUT2D eigenvalue weighted by atomic mass is 32.2. The molecule has 0 amide bonds. The fourth-order valence-electron chi connectivity index (χ4n) is 3.32. The number of rotatable bonds is 12. The van der Waals surface area contributed by atoms with Gasteiger partial charge in [0.1, 0.15) is 17.0 Å². The monoisotopic (exact) mass is 563 g/mol. The third-order valence-corrected chi connectivity index (χ3v) is 12.8. The molecule has 0 aliphatic heterocycles. The first-order valence-electron chi connectivity index (χ1n) is 11.9. The second kappa shape index (κ2) is 11.7. The second-order valence-corrected chi connectivity index (χ2v) is 17.0. The predicted molar refractivity (Wildman–Crippen MR) is 151 cm³/mol. The van der Waals surface area contributed by atoms with E-state index in [1.165, 1.54) is 32.4 Å². The maximum atomic E-state index is 13.5. The van der Waals surface area contributed by atoms with Gasteiger partial charge in [0.25, 0.3) is 5.69 Å². The van der Waals surface area contributed by atoms with Crippen LogP contribution in [0.25, 0.3) is 0 Å². The molecule has 2 atom stereocenters. The molecule has 10 nitrogen and oxygen atoms in total. The molecule has 2 rings (SSSR count). The Labute approximate surface area is 226 Å². The van der Waals surface area contributed by atoms with E-state index in [4.69, 9.17) is 20.3 Å². The lowest BCUT2D eigenvalue weighted by atomic mass is 9.94. The topological polar surface area (TPSA) is 129 Å². The van der Waals surface area contributed by atoms with Gasteiger partial charge in [-0.25, -0.2) is 13.1 Å². The van der Waals surface area contributed by atoms with E-state index in [2.05, 4.69) is 36.7 Å². The van der Waals surface area contributed by atoms with E-state index in [1.54, 1.807) is 25.1 Å². The molecule has 0 saturated carbocycles. The number of sulfonamides is 1.